The van der Waals surface area contributed by atoms with Crippen LogP contribution in [0.3, 0.4) is 0 Å². The molecule has 1 aromatic heterocycles. The van der Waals surface area contributed by atoms with Crippen molar-refractivity contribution in [2.75, 3.05) is 0 Å². The maximum absolute atomic E-state index is 12.0. The standard InChI is InChI=1S/C9H9Cl2F3N2.ClH/c10-7-2-1-5(8(11)16-7)6(15)3-4-9(12,13)14;/h1-2,6H,3-4,15H2;1H/t6-;/m0./s1. The van der Waals surface area contributed by atoms with Crippen LogP contribution in [0.2, 0.25) is 10.3 Å². The minimum Gasteiger partial charge on any atom is -0.324 e. The molecule has 0 bridgehead atoms. The molecule has 0 spiro atoms. The van der Waals surface area contributed by atoms with E-state index in [1.165, 1.54) is 12.1 Å². The Kier molecular flexibility index (Phi) is 6.55. The number of hydrogen-bond donors (Lipinski definition) is 1. The molecule has 2 nitrogen and oxygen atoms in total. The summed E-state index contributed by atoms with van der Waals surface area (Å²) in [6.07, 6.45) is -5.40. The molecule has 0 aliphatic heterocycles. The van der Waals surface area contributed by atoms with Crippen LogP contribution < -0.4 is 5.73 Å². The molecule has 0 radical (unpaired) electrons. The van der Waals surface area contributed by atoms with Crippen LogP contribution in [-0.4, -0.2) is 11.2 Å². The quantitative estimate of drug-likeness (QED) is 0.852. The number of nitrogens with two attached hydrogens (primary N) is 1. The Morgan fingerprint density at radius 2 is 1.88 bits per heavy atom. The molecule has 0 saturated heterocycles. The van der Waals surface area contributed by atoms with Gasteiger partial charge in [0.15, 0.2) is 0 Å². The lowest BCUT2D eigenvalue weighted by Crippen LogP contribution is -2.16. The zero-order chi connectivity index (χ0) is 12.3. The van der Waals surface area contributed by atoms with Gasteiger partial charge in [-0.1, -0.05) is 29.3 Å². The van der Waals surface area contributed by atoms with Crippen molar-refractivity contribution in [3.8, 4) is 0 Å². The van der Waals surface area contributed by atoms with E-state index in [-0.39, 0.29) is 29.1 Å². The summed E-state index contributed by atoms with van der Waals surface area (Å²) in [5.41, 5.74) is 5.96. The Morgan fingerprint density at radius 3 is 2.35 bits per heavy atom. The highest BCUT2D eigenvalue weighted by Gasteiger charge is 2.28. The van der Waals surface area contributed by atoms with Crippen molar-refractivity contribution in [1.82, 2.24) is 4.98 Å². The van der Waals surface area contributed by atoms with Gasteiger partial charge in [-0.2, -0.15) is 13.2 Å². The van der Waals surface area contributed by atoms with E-state index >= 15 is 0 Å². The van der Waals surface area contributed by atoms with Crippen molar-refractivity contribution in [1.29, 1.82) is 0 Å². The molecule has 0 aliphatic rings. The highest BCUT2D eigenvalue weighted by atomic mass is 35.5. The first-order valence-electron chi connectivity index (χ1n) is 4.44. The summed E-state index contributed by atoms with van der Waals surface area (Å²) in [5, 5.41) is 0.221. The molecule has 0 saturated carbocycles. The number of rotatable bonds is 3. The third-order valence-electron chi connectivity index (χ3n) is 1.98. The summed E-state index contributed by atoms with van der Waals surface area (Å²) in [7, 11) is 0. The first kappa shape index (κ1) is 16.8. The first-order valence-corrected chi connectivity index (χ1v) is 5.19. The zero-order valence-electron chi connectivity index (χ0n) is 8.47. The molecule has 1 heterocycles. The van der Waals surface area contributed by atoms with Gasteiger partial charge in [0.25, 0.3) is 0 Å². The fourth-order valence-electron chi connectivity index (χ4n) is 1.17. The second kappa shape index (κ2) is 6.64. The Labute approximate surface area is 113 Å². The minimum absolute atomic E-state index is 0. The molecule has 1 aromatic rings. The molecule has 2 N–H and O–H groups in total. The van der Waals surface area contributed by atoms with Crippen molar-refractivity contribution < 1.29 is 13.2 Å². The summed E-state index contributed by atoms with van der Waals surface area (Å²) in [6.45, 7) is 0. The molecule has 0 aliphatic carbocycles. The van der Waals surface area contributed by atoms with Gasteiger partial charge in [-0.3, -0.25) is 0 Å². The molecule has 0 amide bonds. The zero-order valence-corrected chi connectivity index (χ0v) is 10.8. The van der Waals surface area contributed by atoms with E-state index in [0.717, 1.165) is 0 Å². The van der Waals surface area contributed by atoms with Crippen molar-refractivity contribution in [2.24, 2.45) is 5.73 Å². The molecule has 98 valence electrons. The topological polar surface area (TPSA) is 38.9 Å². The summed E-state index contributed by atoms with van der Waals surface area (Å²) >= 11 is 11.3. The third-order valence-corrected chi connectivity index (χ3v) is 2.50. The Bertz CT molecular complexity index is 371. The average molecular weight is 310 g/mol. The smallest absolute Gasteiger partial charge is 0.324 e. The van der Waals surface area contributed by atoms with Crippen LogP contribution in [0, 0.1) is 0 Å². The molecule has 0 fully saturated rings. The molecular formula is C9H10Cl3F3N2. The monoisotopic (exact) mass is 308 g/mol. The van der Waals surface area contributed by atoms with Gasteiger partial charge in [0.05, 0.1) is 0 Å². The maximum Gasteiger partial charge on any atom is 0.389 e. The Balaban J connectivity index is 0.00000256. The minimum atomic E-state index is -4.22. The normalized spacial score (nSPS) is 13.1. The summed E-state index contributed by atoms with van der Waals surface area (Å²) < 4.78 is 35.9. The molecule has 1 rings (SSSR count). The first-order chi connectivity index (χ1) is 7.29. The number of aromatic nitrogens is 1. The lowest BCUT2D eigenvalue weighted by Gasteiger charge is -2.14. The number of alkyl halides is 3. The van der Waals surface area contributed by atoms with E-state index in [2.05, 4.69) is 4.98 Å². The molecule has 0 unspecified atom stereocenters. The van der Waals surface area contributed by atoms with Gasteiger partial charge in [-0.15, -0.1) is 12.4 Å². The highest BCUT2D eigenvalue weighted by Crippen LogP contribution is 2.29. The molecule has 8 heteroatoms. The van der Waals surface area contributed by atoms with Gasteiger partial charge < -0.3 is 5.73 Å². The van der Waals surface area contributed by atoms with E-state index in [9.17, 15) is 13.2 Å². The van der Waals surface area contributed by atoms with Crippen LogP contribution in [0.25, 0.3) is 0 Å². The SMILES string of the molecule is Cl.N[C@@H](CCC(F)(F)F)c1ccc(Cl)nc1Cl. The van der Waals surface area contributed by atoms with Gasteiger partial charge in [-0.05, 0) is 12.5 Å². The number of hydrogen-bond acceptors (Lipinski definition) is 2. The predicted octanol–water partition coefficient (Wildman–Crippen LogP) is 4.15. The van der Waals surface area contributed by atoms with Crippen molar-refractivity contribution in [3.05, 3.63) is 28.0 Å². The van der Waals surface area contributed by atoms with Gasteiger partial charge in [0.1, 0.15) is 10.3 Å². The lowest BCUT2D eigenvalue weighted by molar-refractivity contribution is -0.136. The maximum atomic E-state index is 12.0. The summed E-state index contributed by atoms with van der Waals surface area (Å²) in [4.78, 5) is 3.71. The highest BCUT2D eigenvalue weighted by molar-refractivity contribution is 6.32. The van der Waals surface area contributed by atoms with Gasteiger partial charge >= 0.3 is 6.18 Å². The number of pyridine rings is 1. The van der Waals surface area contributed by atoms with Crippen LogP contribution in [0.5, 0.6) is 0 Å². The van der Waals surface area contributed by atoms with E-state index in [4.69, 9.17) is 28.9 Å². The molecule has 17 heavy (non-hydrogen) atoms. The van der Waals surface area contributed by atoms with Crippen molar-refractivity contribution in [2.45, 2.75) is 25.1 Å². The fourth-order valence-corrected chi connectivity index (χ4v) is 1.66. The Morgan fingerprint density at radius 1 is 1.29 bits per heavy atom. The molecule has 0 aromatic carbocycles. The second-order valence-electron chi connectivity index (χ2n) is 3.27. The van der Waals surface area contributed by atoms with E-state index in [1.807, 2.05) is 0 Å². The van der Waals surface area contributed by atoms with Gasteiger partial charge in [0.2, 0.25) is 0 Å². The predicted molar refractivity (Wildman–Crippen MR) is 63.7 cm³/mol. The van der Waals surface area contributed by atoms with Gasteiger partial charge in [-0.25, -0.2) is 4.98 Å². The van der Waals surface area contributed by atoms with Crippen LogP contribution in [0.1, 0.15) is 24.4 Å². The molecular weight excluding hydrogens is 299 g/mol. The largest absolute Gasteiger partial charge is 0.389 e. The van der Waals surface area contributed by atoms with Crippen LogP contribution >= 0.6 is 35.6 Å². The number of nitrogens with zero attached hydrogens (tertiary/aromatic N) is 1. The Hall–Kier alpha value is -0.230. The molecule has 1 atom stereocenters. The van der Waals surface area contributed by atoms with Crippen LogP contribution in [-0.2, 0) is 0 Å². The van der Waals surface area contributed by atoms with Gasteiger partial charge in [0, 0.05) is 18.0 Å². The third kappa shape index (κ3) is 5.77. The fraction of sp³-hybridized carbons (Fsp3) is 0.444. The van der Waals surface area contributed by atoms with Crippen LogP contribution in [0.15, 0.2) is 12.1 Å². The lowest BCUT2D eigenvalue weighted by atomic mass is 10.1. The van der Waals surface area contributed by atoms with Crippen LogP contribution in [0.4, 0.5) is 13.2 Å². The number of halogens is 6. The summed E-state index contributed by atoms with van der Waals surface area (Å²) in [5.74, 6) is 0. The van der Waals surface area contributed by atoms with Crippen molar-refractivity contribution >= 4 is 35.6 Å². The second-order valence-corrected chi connectivity index (χ2v) is 4.02. The van der Waals surface area contributed by atoms with E-state index in [0.29, 0.717) is 5.56 Å². The van der Waals surface area contributed by atoms with E-state index in [1.54, 1.807) is 0 Å². The van der Waals surface area contributed by atoms with Crippen molar-refractivity contribution in [3.63, 3.8) is 0 Å². The average Bonchev–Trinajstić information content (AvgIpc) is 2.13. The van der Waals surface area contributed by atoms with E-state index < -0.39 is 18.6 Å². The summed E-state index contributed by atoms with van der Waals surface area (Å²) in [6, 6.07) is 2.13.